The van der Waals surface area contributed by atoms with Crippen molar-refractivity contribution in [2.24, 2.45) is 0 Å². The van der Waals surface area contributed by atoms with Gasteiger partial charge in [-0.3, -0.25) is 4.79 Å². The first-order chi connectivity index (χ1) is 11.1. The summed E-state index contributed by atoms with van der Waals surface area (Å²) in [6.07, 6.45) is 4.76. The van der Waals surface area contributed by atoms with Gasteiger partial charge in [0.25, 0.3) is 5.91 Å². The van der Waals surface area contributed by atoms with Crippen molar-refractivity contribution in [1.29, 1.82) is 0 Å². The van der Waals surface area contributed by atoms with Gasteiger partial charge in [0.2, 0.25) is 0 Å². The smallest absolute Gasteiger partial charge is 0.344 e. The Bertz CT molecular complexity index is 838. The molecule has 0 saturated heterocycles. The van der Waals surface area contributed by atoms with Crippen LogP contribution in [0.2, 0.25) is 0 Å². The molecule has 0 atom stereocenters. The van der Waals surface area contributed by atoms with Gasteiger partial charge in [0.1, 0.15) is 11.3 Å². The first kappa shape index (κ1) is 14.8. The Morgan fingerprint density at radius 2 is 2.26 bits per heavy atom. The number of ether oxygens (including phenoxy) is 1. The van der Waals surface area contributed by atoms with Gasteiger partial charge >= 0.3 is 5.97 Å². The van der Waals surface area contributed by atoms with E-state index in [1.54, 1.807) is 37.5 Å². The number of fused-ring (bicyclic) bond motifs is 1. The predicted molar refractivity (Wildman–Crippen MR) is 78.6 cm³/mol. The maximum atomic E-state index is 12.2. The van der Waals surface area contributed by atoms with Gasteiger partial charge < -0.3 is 14.5 Å². The molecule has 0 unspecified atom stereocenters. The van der Waals surface area contributed by atoms with E-state index >= 15 is 0 Å². The first-order valence-corrected chi connectivity index (χ1v) is 6.91. The van der Waals surface area contributed by atoms with Crippen molar-refractivity contribution in [3.63, 3.8) is 0 Å². The van der Waals surface area contributed by atoms with Crippen molar-refractivity contribution in [2.45, 2.75) is 13.5 Å². The average Bonchev–Trinajstić information content (AvgIpc) is 3.17. The maximum Gasteiger partial charge on any atom is 0.344 e. The summed E-state index contributed by atoms with van der Waals surface area (Å²) in [5.74, 6) is -0.437. The lowest BCUT2D eigenvalue weighted by Crippen LogP contribution is -2.28. The summed E-state index contributed by atoms with van der Waals surface area (Å²) in [6.45, 7) is 1.53. The van der Waals surface area contributed by atoms with Crippen molar-refractivity contribution < 1.29 is 18.7 Å². The molecule has 0 bridgehead atoms. The third-order valence-corrected chi connectivity index (χ3v) is 3.15. The van der Waals surface area contributed by atoms with E-state index in [-0.39, 0.29) is 18.7 Å². The number of hydrogen-bond acceptors (Lipinski definition) is 6. The van der Waals surface area contributed by atoms with Crippen molar-refractivity contribution in [3.05, 3.63) is 53.9 Å². The molecule has 0 spiro atoms. The Labute approximate surface area is 131 Å². The van der Waals surface area contributed by atoms with Crippen LogP contribution >= 0.6 is 0 Å². The largest absolute Gasteiger partial charge is 0.467 e. The summed E-state index contributed by atoms with van der Waals surface area (Å²) in [5, 5.41) is 6.76. The van der Waals surface area contributed by atoms with E-state index in [1.807, 2.05) is 0 Å². The lowest BCUT2D eigenvalue weighted by atomic mass is 10.2. The Morgan fingerprint density at radius 1 is 1.39 bits per heavy atom. The molecule has 0 radical (unpaired) electrons. The van der Waals surface area contributed by atoms with Gasteiger partial charge in [-0.25, -0.2) is 14.3 Å². The minimum Gasteiger partial charge on any atom is -0.467 e. The first-order valence-electron chi connectivity index (χ1n) is 6.91. The zero-order valence-electron chi connectivity index (χ0n) is 12.4. The summed E-state index contributed by atoms with van der Waals surface area (Å²) < 4.78 is 11.6. The zero-order valence-corrected chi connectivity index (χ0v) is 12.4. The van der Waals surface area contributed by atoms with Gasteiger partial charge in [0, 0.05) is 12.4 Å². The number of amides is 1. The molecular formula is C15H14N4O4. The topological polar surface area (TPSA) is 98.7 Å². The number of aromatic nitrogens is 3. The number of esters is 1. The normalized spacial score (nSPS) is 10.7. The van der Waals surface area contributed by atoms with Gasteiger partial charge in [-0.05, 0) is 25.1 Å². The lowest BCUT2D eigenvalue weighted by Gasteiger charge is -2.05. The summed E-state index contributed by atoms with van der Waals surface area (Å²) in [4.78, 5) is 28.0. The summed E-state index contributed by atoms with van der Waals surface area (Å²) >= 11 is 0. The molecular weight excluding hydrogens is 300 g/mol. The van der Waals surface area contributed by atoms with Crippen LogP contribution in [0.25, 0.3) is 5.65 Å². The van der Waals surface area contributed by atoms with Crippen LogP contribution in [0.15, 0.2) is 41.3 Å². The number of rotatable bonds is 5. The van der Waals surface area contributed by atoms with Crippen LogP contribution in [0.1, 0.15) is 21.8 Å². The average molecular weight is 314 g/mol. The fraction of sp³-hybridized carbons (Fsp3) is 0.200. The summed E-state index contributed by atoms with van der Waals surface area (Å²) in [5.41, 5.74) is 1.14. The van der Waals surface area contributed by atoms with Crippen molar-refractivity contribution in [2.75, 3.05) is 6.61 Å². The molecule has 0 saturated carbocycles. The molecule has 0 fully saturated rings. The Kier molecular flexibility index (Phi) is 4.05. The van der Waals surface area contributed by atoms with Crippen molar-refractivity contribution in [1.82, 2.24) is 19.9 Å². The quantitative estimate of drug-likeness (QED) is 0.708. The molecule has 1 amide bonds. The molecule has 8 heteroatoms. The van der Waals surface area contributed by atoms with Gasteiger partial charge in [-0.15, -0.1) is 0 Å². The van der Waals surface area contributed by atoms with Gasteiger partial charge in [-0.2, -0.15) is 5.10 Å². The molecule has 3 rings (SSSR count). The van der Waals surface area contributed by atoms with E-state index in [4.69, 9.17) is 9.15 Å². The Morgan fingerprint density at radius 3 is 3.04 bits per heavy atom. The van der Waals surface area contributed by atoms with Crippen LogP contribution in [0.5, 0.6) is 0 Å². The third-order valence-electron chi connectivity index (χ3n) is 3.15. The number of furan rings is 1. The second-order valence-corrected chi connectivity index (χ2v) is 4.78. The molecule has 118 valence electrons. The number of nitrogens with zero attached hydrogens (tertiary/aromatic N) is 3. The fourth-order valence-electron chi connectivity index (χ4n) is 2.09. The zero-order chi connectivity index (χ0) is 16.2. The second kappa shape index (κ2) is 6.30. The minimum atomic E-state index is -0.635. The van der Waals surface area contributed by atoms with E-state index in [1.165, 1.54) is 10.8 Å². The number of carbonyl (C=O) groups is 2. The van der Waals surface area contributed by atoms with Crippen molar-refractivity contribution >= 4 is 17.5 Å². The van der Waals surface area contributed by atoms with Gasteiger partial charge in [0.15, 0.2) is 12.3 Å². The monoisotopic (exact) mass is 314 g/mol. The lowest BCUT2D eigenvalue weighted by molar-refractivity contribution is -0.124. The molecule has 0 aliphatic rings. The third kappa shape index (κ3) is 3.20. The van der Waals surface area contributed by atoms with E-state index in [2.05, 4.69) is 15.4 Å². The molecule has 3 aromatic rings. The predicted octanol–water partition coefficient (Wildman–Crippen LogP) is 1.10. The van der Waals surface area contributed by atoms with E-state index in [0.29, 0.717) is 17.1 Å². The molecule has 3 aromatic heterocycles. The molecule has 23 heavy (non-hydrogen) atoms. The maximum absolute atomic E-state index is 12.2. The van der Waals surface area contributed by atoms with Crippen LogP contribution in [-0.4, -0.2) is 33.1 Å². The number of carbonyl (C=O) groups excluding carboxylic acids is 2. The summed E-state index contributed by atoms with van der Waals surface area (Å²) in [7, 11) is 0. The van der Waals surface area contributed by atoms with E-state index in [9.17, 15) is 9.59 Å². The molecule has 0 aliphatic carbocycles. The van der Waals surface area contributed by atoms with Crippen LogP contribution < -0.4 is 5.32 Å². The van der Waals surface area contributed by atoms with E-state index in [0.717, 1.165) is 0 Å². The van der Waals surface area contributed by atoms with Gasteiger partial charge in [0.05, 0.1) is 18.5 Å². The highest BCUT2D eigenvalue weighted by molar-refractivity contribution is 5.98. The number of hydrogen-bond donors (Lipinski definition) is 1. The number of nitrogens with one attached hydrogen (secondary N) is 1. The Balaban J connectivity index is 1.60. The van der Waals surface area contributed by atoms with Crippen molar-refractivity contribution in [3.8, 4) is 0 Å². The van der Waals surface area contributed by atoms with E-state index < -0.39 is 11.9 Å². The minimum absolute atomic E-state index is 0.237. The highest BCUT2D eigenvalue weighted by Crippen LogP contribution is 2.13. The Hall–Kier alpha value is -3.16. The van der Waals surface area contributed by atoms with Crippen LogP contribution in [-0.2, 0) is 16.1 Å². The molecule has 1 N–H and O–H groups in total. The van der Waals surface area contributed by atoms with Gasteiger partial charge in [-0.1, -0.05) is 0 Å². The number of aryl methyl sites for hydroxylation is 1. The highest BCUT2D eigenvalue weighted by Gasteiger charge is 2.20. The molecule has 0 aliphatic heterocycles. The molecule has 8 nitrogen and oxygen atoms in total. The van der Waals surface area contributed by atoms with Crippen LogP contribution in [0.4, 0.5) is 0 Å². The molecule has 3 heterocycles. The summed E-state index contributed by atoms with van der Waals surface area (Å²) in [6, 6.07) is 5.17. The molecule has 0 aromatic carbocycles. The second-order valence-electron chi connectivity index (χ2n) is 4.78. The fourth-order valence-corrected chi connectivity index (χ4v) is 2.09. The SMILES string of the molecule is Cc1nn2cccnc2c1C(=O)OCC(=O)NCc1ccco1. The standard InChI is InChI=1S/C15H14N4O4/c1-10-13(14-16-5-3-6-19(14)18-10)15(21)23-9-12(20)17-8-11-4-2-7-22-11/h2-7H,8-9H2,1H3,(H,17,20). The highest BCUT2D eigenvalue weighted by atomic mass is 16.5. The van der Waals surface area contributed by atoms with Crippen LogP contribution in [0.3, 0.4) is 0 Å². The van der Waals surface area contributed by atoms with Crippen LogP contribution in [0, 0.1) is 6.92 Å².